The number of nitrogens with zero attached hydrogens (tertiary/aromatic N) is 4. The van der Waals surface area contributed by atoms with Gasteiger partial charge in [0, 0.05) is 7.05 Å². The Morgan fingerprint density at radius 2 is 1.95 bits per heavy atom. The molecule has 94 valence electrons. The van der Waals surface area contributed by atoms with Crippen LogP contribution in [0.3, 0.4) is 0 Å². The molecular weight excluding hydrogens is 264 g/mol. The standard InChI is InChI=1S/C13H9ClN4O/c1-18-12(8(14)6-16-18)13(19)11-7-15-9-4-2-3-5-10(9)17-11/h2-7H,1H3. The molecule has 0 atom stereocenters. The van der Waals surface area contributed by atoms with Crippen molar-refractivity contribution in [2.75, 3.05) is 0 Å². The lowest BCUT2D eigenvalue weighted by Gasteiger charge is -2.03. The van der Waals surface area contributed by atoms with Crippen LogP contribution in [0.1, 0.15) is 16.2 Å². The van der Waals surface area contributed by atoms with Gasteiger partial charge in [0.05, 0.1) is 28.4 Å². The molecule has 0 N–H and O–H groups in total. The van der Waals surface area contributed by atoms with Gasteiger partial charge in [-0.1, -0.05) is 23.7 Å². The van der Waals surface area contributed by atoms with Crippen LogP contribution in [-0.2, 0) is 7.05 Å². The van der Waals surface area contributed by atoms with Gasteiger partial charge in [-0.2, -0.15) is 5.10 Å². The summed E-state index contributed by atoms with van der Waals surface area (Å²) >= 11 is 5.96. The summed E-state index contributed by atoms with van der Waals surface area (Å²) in [6.07, 6.45) is 2.89. The van der Waals surface area contributed by atoms with E-state index < -0.39 is 0 Å². The van der Waals surface area contributed by atoms with E-state index in [0.29, 0.717) is 16.2 Å². The lowest BCUT2D eigenvalue weighted by molar-refractivity contribution is 0.102. The normalized spacial score (nSPS) is 10.8. The van der Waals surface area contributed by atoms with Crippen molar-refractivity contribution in [2.24, 2.45) is 7.05 Å². The maximum atomic E-state index is 12.3. The van der Waals surface area contributed by atoms with Gasteiger partial charge >= 0.3 is 0 Å². The van der Waals surface area contributed by atoms with Crippen LogP contribution in [0.2, 0.25) is 5.02 Å². The van der Waals surface area contributed by atoms with Gasteiger partial charge in [0.2, 0.25) is 5.78 Å². The number of benzene rings is 1. The van der Waals surface area contributed by atoms with Gasteiger partial charge in [-0.3, -0.25) is 14.5 Å². The summed E-state index contributed by atoms with van der Waals surface area (Å²) in [4.78, 5) is 20.9. The Labute approximate surface area is 113 Å². The van der Waals surface area contributed by atoms with Gasteiger partial charge in [0.25, 0.3) is 0 Å². The number of carbonyl (C=O) groups is 1. The quantitative estimate of drug-likeness (QED) is 0.671. The van der Waals surface area contributed by atoms with Crippen molar-refractivity contribution in [1.82, 2.24) is 19.7 Å². The number of carbonyl (C=O) groups excluding carboxylic acids is 1. The molecule has 5 nitrogen and oxygen atoms in total. The molecule has 0 aliphatic rings. The zero-order chi connectivity index (χ0) is 13.4. The molecule has 2 heterocycles. The third kappa shape index (κ3) is 1.98. The SMILES string of the molecule is Cn1ncc(Cl)c1C(=O)c1cnc2ccccc2n1. The highest BCUT2D eigenvalue weighted by atomic mass is 35.5. The van der Waals surface area contributed by atoms with Gasteiger partial charge in [0.1, 0.15) is 11.4 Å². The van der Waals surface area contributed by atoms with E-state index >= 15 is 0 Å². The third-order valence-electron chi connectivity index (χ3n) is 2.79. The predicted molar refractivity (Wildman–Crippen MR) is 71.2 cm³/mol. The molecule has 0 aliphatic heterocycles. The van der Waals surface area contributed by atoms with Crippen LogP contribution in [0.5, 0.6) is 0 Å². The van der Waals surface area contributed by atoms with Crippen molar-refractivity contribution in [3.63, 3.8) is 0 Å². The molecule has 1 aromatic carbocycles. The van der Waals surface area contributed by atoms with E-state index in [4.69, 9.17) is 11.6 Å². The van der Waals surface area contributed by atoms with Crippen molar-refractivity contribution in [3.8, 4) is 0 Å². The number of aromatic nitrogens is 4. The molecular formula is C13H9ClN4O. The van der Waals surface area contributed by atoms with E-state index in [9.17, 15) is 4.79 Å². The van der Waals surface area contributed by atoms with Crippen molar-refractivity contribution in [2.45, 2.75) is 0 Å². The molecule has 0 bridgehead atoms. The van der Waals surface area contributed by atoms with Crippen molar-refractivity contribution in [3.05, 3.63) is 53.1 Å². The van der Waals surface area contributed by atoms with E-state index in [1.807, 2.05) is 24.3 Å². The summed E-state index contributed by atoms with van der Waals surface area (Å²) in [5.41, 5.74) is 1.98. The number of ketones is 1. The van der Waals surface area contributed by atoms with Crippen molar-refractivity contribution in [1.29, 1.82) is 0 Å². The average molecular weight is 273 g/mol. The van der Waals surface area contributed by atoms with Gasteiger partial charge in [-0.05, 0) is 12.1 Å². The Bertz CT molecular complexity index is 762. The Morgan fingerprint density at radius 1 is 1.21 bits per heavy atom. The molecule has 0 aliphatic carbocycles. The maximum absolute atomic E-state index is 12.3. The largest absolute Gasteiger partial charge is 0.285 e. The Morgan fingerprint density at radius 3 is 2.63 bits per heavy atom. The van der Waals surface area contributed by atoms with Crippen molar-refractivity contribution >= 4 is 28.4 Å². The molecule has 3 rings (SSSR count). The fraction of sp³-hybridized carbons (Fsp3) is 0.0769. The minimum absolute atomic E-state index is 0.254. The summed E-state index contributed by atoms with van der Waals surface area (Å²) < 4.78 is 1.43. The summed E-state index contributed by atoms with van der Waals surface area (Å²) in [5.74, 6) is -0.289. The predicted octanol–water partition coefficient (Wildman–Crippen LogP) is 2.25. The Balaban J connectivity index is 2.12. The maximum Gasteiger partial charge on any atom is 0.232 e. The average Bonchev–Trinajstić information content (AvgIpc) is 2.77. The molecule has 3 aromatic rings. The van der Waals surface area contributed by atoms with Crippen LogP contribution in [0.15, 0.2) is 36.7 Å². The number of rotatable bonds is 2. The fourth-order valence-corrected chi connectivity index (χ4v) is 2.11. The summed E-state index contributed by atoms with van der Waals surface area (Å²) in [6.45, 7) is 0. The first-order chi connectivity index (χ1) is 9.16. The van der Waals surface area contributed by atoms with Gasteiger partial charge in [-0.25, -0.2) is 4.98 Å². The van der Waals surface area contributed by atoms with Crippen LogP contribution in [0.25, 0.3) is 11.0 Å². The van der Waals surface area contributed by atoms with E-state index in [2.05, 4.69) is 15.1 Å². The smallest absolute Gasteiger partial charge is 0.232 e. The second-order valence-electron chi connectivity index (χ2n) is 4.04. The molecule has 2 aromatic heterocycles. The second kappa shape index (κ2) is 4.44. The fourth-order valence-electron chi connectivity index (χ4n) is 1.85. The molecule has 19 heavy (non-hydrogen) atoms. The Kier molecular flexibility index (Phi) is 2.76. The highest BCUT2D eigenvalue weighted by Gasteiger charge is 2.19. The first-order valence-electron chi connectivity index (χ1n) is 5.61. The topological polar surface area (TPSA) is 60.7 Å². The minimum atomic E-state index is -0.289. The second-order valence-corrected chi connectivity index (χ2v) is 4.45. The number of hydrogen-bond donors (Lipinski definition) is 0. The Hall–Kier alpha value is -2.27. The molecule has 0 radical (unpaired) electrons. The lowest BCUT2D eigenvalue weighted by atomic mass is 10.2. The summed E-state index contributed by atoms with van der Waals surface area (Å²) in [6, 6.07) is 7.37. The zero-order valence-electron chi connectivity index (χ0n) is 10.0. The van der Waals surface area contributed by atoms with Gasteiger partial charge in [-0.15, -0.1) is 0 Å². The minimum Gasteiger partial charge on any atom is -0.285 e. The van der Waals surface area contributed by atoms with E-state index in [1.54, 1.807) is 7.05 Å². The third-order valence-corrected chi connectivity index (χ3v) is 3.07. The zero-order valence-corrected chi connectivity index (χ0v) is 10.8. The lowest BCUT2D eigenvalue weighted by Crippen LogP contribution is -2.11. The molecule has 0 unspecified atom stereocenters. The highest BCUT2D eigenvalue weighted by molar-refractivity contribution is 6.34. The van der Waals surface area contributed by atoms with E-state index in [1.165, 1.54) is 17.1 Å². The van der Waals surface area contributed by atoms with Crippen LogP contribution in [0, 0.1) is 0 Å². The molecule has 0 amide bonds. The first kappa shape index (κ1) is 11.8. The summed E-state index contributed by atoms with van der Waals surface area (Å²) in [5, 5.41) is 4.25. The first-order valence-corrected chi connectivity index (χ1v) is 5.98. The number of aryl methyl sites for hydroxylation is 1. The van der Waals surface area contributed by atoms with Crippen LogP contribution < -0.4 is 0 Å². The summed E-state index contributed by atoms with van der Waals surface area (Å²) in [7, 11) is 1.66. The van der Waals surface area contributed by atoms with Crippen LogP contribution in [0.4, 0.5) is 0 Å². The number of para-hydroxylation sites is 2. The van der Waals surface area contributed by atoms with Crippen LogP contribution in [-0.4, -0.2) is 25.5 Å². The van der Waals surface area contributed by atoms with E-state index in [0.717, 1.165) is 5.52 Å². The van der Waals surface area contributed by atoms with Crippen LogP contribution >= 0.6 is 11.6 Å². The monoisotopic (exact) mass is 272 g/mol. The molecule has 0 saturated heterocycles. The van der Waals surface area contributed by atoms with Crippen molar-refractivity contribution < 1.29 is 4.79 Å². The molecule has 6 heteroatoms. The number of fused-ring (bicyclic) bond motifs is 1. The van der Waals surface area contributed by atoms with Gasteiger partial charge < -0.3 is 0 Å². The molecule has 0 fully saturated rings. The number of hydrogen-bond acceptors (Lipinski definition) is 4. The molecule has 0 spiro atoms. The van der Waals surface area contributed by atoms with Gasteiger partial charge in [0.15, 0.2) is 0 Å². The molecule has 0 saturated carbocycles. The van der Waals surface area contributed by atoms with E-state index in [-0.39, 0.29) is 11.5 Å². The number of halogens is 1. The highest BCUT2D eigenvalue weighted by Crippen LogP contribution is 2.18.